The van der Waals surface area contributed by atoms with Gasteiger partial charge in [0.25, 0.3) is 0 Å². The van der Waals surface area contributed by atoms with Crippen LogP contribution in [-0.2, 0) is 4.74 Å². The highest BCUT2D eigenvalue weighted by Gasteiger charge is 2.39. The first-order valence-corrected chi connectivity index (χ1v) is 6.56. The van der Waals surface area contributed by atoms with Gasteiger partial charge in [-0.15, -0.1) is 0 Å². The average molecular weight is 211 g/mol. The molecule has 0 aromatic rings. The average Bonchev–Trinajstić information content (AvgIpc) is 2.98. The maximum atomic E-state index is 5.91. The predicted octanol–water partition coefficient (Wildman–Crippen LogP) is 2.71. The molecule has 0 bridgehead atoms. The Morgan fingerprint density at radius 1 is 1.33 bits per heavy atom. The van der Waals surface area contributed by atoms with E-state index in [9.17, 15) is 0 Å². The van der Waals surface area contributed by atoms with Crippen molar-refractivity contribution in [3.63, 3.8) is 0 Å². The van der Waals surface area contributed by atoms with E-state index in [4.69, 9.17) is 10.5 Å². The maximum Gasteiger partial charge on any atom is 0.0576 e. The fraction of sp³-hybridized carbons (Fsp3) is 1.00. The van der Waals surface area contributed by atoms with Gasteiger partial charge in [-0.3, -0.25) is 0 Å². The van der Waals surface area contributed by atoms with E-state index in [-0.39, 0.29) is 0 Å². The third-order valence-electron chi connectivity index (χ3n) is 4.33. The first kappa shape index (κ1) is 11.4. The Balaban J connectivity index is 1.66. The topological polar surface area (TPSA) is 35.2 Å². The Kier molecular flexibility index (Phi) is 3.68. The third kappa shape index (κ3) is 2.94. The summed E-state index contributed by atoms with van der Waals surface area (Å²) in [5, 5.41) is 0. The molecule has 1 aliphatic heterocycles. The zero-order chi connectivity index (χ0) is 10.7. The molecule has 1 aliphatic carbocycles. The Morgan fingerprint density at radius 3 is 2.67 bits per heavy atom. The number of nitrogens with two attached hydrogens (primary N) is 1. The molecule has 0 aromatic heterocycles. The summed E-state index contributed by atoms with van der Waals surface area (Å²) in [6, 6.07) is 0. The highest BCUT2D eigenvalue weighted by atomic mass is 16.5. The first-order chi connectivity index (χ1) is 7.24. The van der Waals surface area contributed by atoms with Crippen molar-refractivity contribution in [3.05, 3.63) is 0 Å². The lowest BCUT2D eigenvalue weighted by molar-refractivity contribution is 0.0971. The van der Waals surface area contributed by atoms with Gasteiger partial charge in [0, 0.05) is 6.61 Å². The normalized spacial score (nSPS) is 30.4. The molecule has 1 saturated heterocycles. The minimum absolute atomic E-state index is 0.429. The van der Waals surface area contributed by atoms with Gasteiger partial charge in [0.1, 0.15) is 0 Å². The van der Waals surface area contributed by atoms with E-state index in [1.807, 2.05) is 0 Å². The number of rotatable bonds is 6. The second kappa shape index (κ2) is 4.84. The van der Waals surface area contributed by atoms with Crippen LogP contribution in [0.1, 0.15) is 51.9 Å². The summed E-state index contributed by atoms with van der Waals surface area (Å²) in [6.07, 6.45) is 9.78. The molecule has 15 heavy (non-hydrogen) atoms. The molecule has 2 N–H and O–H groups in total. The quantitative estimate of drug-likeness (QED) is 0.733. The monoisotopic (exact) mass is 211 g/mol. The summed E-state index contributed by atoms with van der Waals surface area (Å²) >= 11 is 0. The molecular formula is C13H25NO. The van der Waals surface area contributed by atoms with Crippen LogP contribution in [0.15, 0.2) is 0 Å². The van der Waals surface area contributed by atoms with Gasteiger partial charge in [-0.1, -0.05) is 13.3 Å². The van der Waals surface area contributed by atoms with Crippen molar-refractivity contribution in [1.29, 1.82) is 0 Å². The molecule has 1 heterocycles. The summed E-state index contributed by atoms with van der Waals surface area (Å²) in [6.45, 7) is 4.23. The van der Waals surface area contributed by atoms with Crippen LogP contribution in [0.4, 0.5) is 0 Å². The SMILES string of the molecule is CC(CN)(CCCC1CCCO1)C1CC1. The lowest BCUT2D eigenvalue weighted by Crippen LogP contribution is -2.29. The first-order valence-electron chi connectivity index (χ1n) is 6.56. The van der Waals surface area contributed by atoms with Crippen LogP contribution in [0.5, 0.6) is 0 Å². The van der Waals surface area contributed by atoms with E-state index in [2.05, 4.69) is 6.92 Å². The lowest BCUT2D eigenvalue weighted by atomic mass is 9.80. The van der Waals surface area contributed by atoms with Crippen LogP contribution >= 0.6 is 0 Å². The summed E-state index contributed by atoms with van der Waals surface area (Å²) in [7, 11) is 0. The van der Waals surface area contributed by atoms with Crippen molar-refractivity contribution in [2.45, 2.75) is 58.0 Å². The predicted molar refractivity (Wildman–Crippen MR) is 62.7 cm³/mol. The van der Waals surface area contributed by atoms with E-state index < -0.39 is 0 Å². The minimum atomic E-state index is 0.429. The zero-order valence-electron chi connectivity index (χ0n) is 10.0. The molecular weight excluding hydrogens is 186 g/mol. The summed E-state index contributed by atoms with van der Waals surface area (Å²) in [5.74, 6) is 0.923. The van der Waals surface area contributed by atoms with Gasteiger partial charge in [-0.2, -0.15) is 0 Å². The molecule has 2 fully saturated rings. The zero-order valence-corrected chi connectivity index (χ0v) is 10.0. The van der Waals surface area contributed by atoms with Crippen LogP contribution in [0.25, 0.3) is 0 Å². The van der Waals surface area contributed by atoms with Crippen molar-refractivity contribution in [2.75, 3.05) is 13.2 Å². The molecule has 2 aliphatic rings. The Bertz CT molecular complexity index is 197. The van der Waals surface area contributed by atoms with Crippen LogP contribution in [0.2, 0.25) is 0 Å². The van der Waals surface area contributed by atoms with Crippen LogP contribution in [-0.4, -0.2) is 19.3 Å². The second-order valence-electron chi connectivity index (χ2n) is 5.66. The molecule has 2 atom stereocenters. The molecule has 2 unspecified atom stereocenters. The van der Waals surface area contributed by atoms with E-state index in [1.165, 1.54) is 44.9 Å². The largest absolute Gasteiger partial charge is 0.378 e. The Hall–Kier alpha value is -0.0800. The van der Waals surface area contributed by atoms with Gasteiger partial charge >= 0.3 is 0 Å². The molecule has 88 valence electrons. The molecule has 0 amide bonds. The fourth-order valence-corrected chi connectivity index (χ4v) is 2.86. The summed E-state index contributed by atoms with van der Waals surface area (Å²) in [4.78, 5) is 0. The van der Waals surface area contributed by atoms with Gasteiger partial charge in [0.05, 0.1) is 6.10 Å². The Morgan fingerprint density at radius 2 is 2.13 bits per heavy atom. The van der Waals surface area contributed by atoms with Crippen molar-refractivity contribution in [3.8, 4) is 0 Å². The van der Waals surface area contributed by atoms with E-state index in [1.54, 1.807) is 0 Å². The van der Waals surface area contributed by atoms with Crippen LogP contribution in [0.3, 0.4) is 0 Å². The van der Waals surface area contributed by atoms with Gasteiger partial charge in [0.15, 0.2) is 0 Å². The number of hydrogen-bond acceptors (Lipinski definition) is 2. The van der Waals surface area contributed by atoms with Crippen LogP contribution < -0.4 is 5.73 Å². The van der Waals surface area contributed by atoms with Gasteiger partial charge < -0.3 is 10.5 Å². The molecule has 0 spiro atoms. The molecule has 2 nitrogen and oxygen atoms in total. The minimum Gasteiger partial charge on any atom is -0.378 e. The van der Waals surface area contributed by atoms with Gasteiger partial charge in [0.2, 0.25) is 0 Å². The molecule has 1 saturated carbocycles. The van der Waals surface area contributed by atoms with Crippen molar-refractivity contribution in [2.24, 2.45) is 17.1 Å². The van der Waals surface area contributed by atoms with E-state index in [0.29, 0.717) is 11.5 Å². The van der Waals surface area contributed by atoms with Gasteiger partial charge in [-0.05, 0) is 56.4 Å². The Labute approximate surface area is 93.6 Å². The lowest BCUT2D eigenvalue weighted by Gasteiger charge is -2.28. The molecule has 0 radical (unpaired) electrons. The van der Waals surface area contributed by atoms with Crippen molar-refractivity contribution >= 4 is 0 Å². The summed E-state index contributed by atoms with van der Waals surface area (Å²) < 4.78 is 5.65. The van der Waals surface area contributed by atoms with Gasteiger partial charge in [-0.25, -0.2) is 0 Å². The van der Waals surface area contributed by atoms with Crippen molar-refractivity contribution in [1.82, 2.24) is 0 Å². The van der Waals surface area contributed by atoms with E-state index in [0.717, 1.165) is 19.1 Å². The smallest absolute Gasteiger partial charge is 0.0576 e. The third-order valence-corrected chi connectivity index (χ3v) is 4.33. The highest BCUT2D eigenvalue weighted by molar-refractivity contribution is 4.91. The summed E-state index contributed by atoms with van der Waals surface area (Å²) in [5.41, 5.74) is 6.34. The van der Waals surface area contributed by atoms with Crippen LogP contribution in [0, 0.1) is 11.3 Å². The second-order valence-corrected chi connectivity index (χ2v) is 5.66. The number of hydrogen-bond donors (Lipinski definition) is 1. The maximum absolute atomic E-state index is 5.91. The fourth-order valence-electron chi connectivity index (χ4n) is 2.86. The standard InChI is InChI=1S/C13H25NO/c1-13(10-14,11-6-7-11)8-2-4-12-5-3-9-15-12/h11-12H,2-10,14H2,1H3. The van der Waals surface area contributed by atoms with E-state index >= 15 is 0 Å². The molecule has 2 rings (SSSR count). The van der Waals surface area contributed by atoms with Crippen molar-refractivity contribution < 1.29 is 4.74 Å². The molecule has 0 aromatic carbocycles. The molecule has 2 heteroatoms. The highest BCUT2D eigenvalue weighted by Crippen LogP contribution is 2.47. The number of ether oxygens (including phenoxy) is 1.